The number of ketones is 5. The lowest BCUT2D eigenvalue weighted by Gasteiger charge is -2.64. The van der Waals surface area contributed by atoms with E-state index in [1.54, 1.807) is 62.3 Å². The molecule has 5 aliphatic carbocycles. The van der Waals surface area contributed by atoms with Gasteiger partial charge in [0.25, 0.3) is 0 Å². The van der Waals surface area contributed by atoms with Crippen molar-refractivity contribution in [1.29, 1.82) is 0 Å². The third kappa shape index (κ3) is 8.42. The van der Waals surface area contributed by atoms with E-state index in [1.165, 1.54) is 26.0 Å². The first-order valence-electron chi connectivity index (χ1n) is 22.5. The van der Waals surface area contributed by atoms with Crippen LogP contribution in [-0.4, -0.2) is 93.6 Å². The normalized spacial score (nSPS) is 32.6. The van der Waals surface area contributed by atoms with Crippen molar-refractivity contribution >= 4 is 46.9 Å². The largest absolute Gasteiger partial charge is 0.456 e. The van der Waals surface area contributed by atoms with Gasteiger partial charge in [-0.3, -0.25) is 33.6 Å². The summed E-state index contributed by atoms with van der Waals surface area (Å²) < 4.78 is 11.1. The van der Waals surface area contributed by atoms with Gasteiger partial charge in [0.15, 0.2) is 29.2 Å². The molecule has 14 nitrogen and oxygen atoms in total. The molecule has 0 radical (unpaired) electrons. The molecule has 5 rings (SSSR count). The minimum atomic E-state index is -2.08. The number of carbonyl (C=O) groups excluding carboxylic acids is 8. The van der Waals surface area contributed by atoms with Gasteiger partial charge in [-0.15, -0.1) is 0 Å². The van der Waals surface area contributed by atoms with Crippen molar-refractivity contribution in [2.75, 3.05) is 13.1 Å². The van der Waals surface area contributed by atoms with Gasteiger partial charge in [-0.05, 0) is 116 Å². The second-order valence-corrected chi connectivity index (χ2v) is 21.7. The van der Waals surface area contributed by atoms with Gasteiger partial charge in [0, 0.05) is 77.3 Å². The molecule has 2 amide bonds. The summed E-state index contributed by atoms with van der Waals surface area (Å²) >= 11 is 0. The highest BCUT2D eigenvalue weighted by Gasteiger charge is 2.74. The number of hydrogen-bond donors (Lipinski definition) is 4. The zero-order chi connectivity index (χ0) is 48.5. The van der Waals surface area contributed by atoms with E-state index in [4.69, 9.17) is 9.47 Å². The van der Waals surface area contributed by atoms with Crippen LogP contribution >= 0.6 is 0 Å². The first-order valence-corrected chi connectivity index (χ1v) is 22.5. The Bertz CT molecular complexity index is 2190. The lowest BCUT2D eigenvalue weighted by molar-refractivity contribution is -0.183. The van der Waals surface area contributed by atoms with E-state index in [1.807, 2.05) is 26.8 Å². The quantitative estimate of drug-likeness (QED) is 0.0554. The van der Waals surface area contributed by atoms with Crippen LogP contribution in [0.25, 0.3) is 0 Å². The van der Waals surface area contributed by atoms with Crippen LogP contribution in [-0.2, 0) is 43.0 Å². The third-order valence-corrected chi connectivity index (χ3v) is 16.2. The van der Waals surface area contributed by atoms with E-state index in [-0.39, 0.29) is 73.7 Å². The van der Waals surface area contributed by atoms with Crippen molar-refractivity contribution < 1.29 is 58.0 Å². The smallest absolute Gasteiger partial charge is 0.407 e. The first-order chi connectivity index (χ1) is 29.2. The highest BCUT2D eigenvalue weighted by molar-refractivity contribution is 6.25. The molecule has 0 aromatic carbocycles. The predicted octanol–water partition coefficient (Wildman–Crippen LogP) is 5.96. The number of rotatable bonds is 13. The van der Waals surface area contributed by atoms with Gasteiger partial charge >= 0.3 is 12.1 Å². The standard InChI is InChI=1S/C50H70N2O12/c1-26-27(2)40(59)38(28(3)39(26)58)44(5,6)25-37(57)51-20-15-21-52-43(61)63-33-22-31-30(46(9,10)42(33)60)16-17-34-47(11)23-32(54)41(48(47,12)24-36(56)49(31,34)13)50(14,62)35(55)18-19-45(7,8)64-29(4)53/h16,18-19,31-34,41,54,62H,15,17,20-25H2,1-14H3,(H,51,57)(H,52,61)/b19-18+/t31-,32-,33+,34+,41+,47+,48-,49+,50+/m1/s1. The third-order valence-electron chi connectivity index (χ3n) is 16.2. The fourth-order valence-electron chi connectivity index (χ4n) is 12.6. The number of hydrogen-bond acceptors (Lipinski definition) is 12. The van der Waals surface area contributed by atoms with Crippen LogP contribution in [0.4, 0.5) is 4.79 Å². The number of alkyl carbamates (subject to hydrolysis) is 1. The summed E-state index contributed by atoms with van der Waals surface area (Å²) in [6.45, 7) is 23.9. The van der Waals surface area contributed by atoms with Crippen molar-refractivity contribution in [1.82, 2.24) is 10.6 Å². The fourth-order valence-corrected chi connectivity index (χ4v) is 12.6. The second-order valence-electron chi connectivity index (χ2n) is 21.7. The predicted molar refractivity (Wildman–Crippen MR) is 237 cm³/mol. The van der Waals surface area contributed by atoms with E-state index in [0.29, 0.717) is 35.1 Å². The topological polar surface area (TPSA) is 220 Å². The summed E-state index contributed by atoms with van der Waals surface area (Å²) in [5.74, 6) is -4.26. The van der Waals surface area contributed by atoms with Crippen molar-refractivity contribution in [3.8, 4) is 0 Å². The molecule has 5 aliphatic rings. The highest BCUT2D eigenvalue weighted by atomic mass is 16.6. The lowest BCUT2D eigenvalue weighted by Crippen LogP contribution is -2.65. The summed E-state index contributed by atoms with van der Waals surface area (Å²) in [5.41, 5.74) is -5.73. The molecule has 14 heteroatoms. The van der Waals surface area contributed by atoms with Gasteiger partial charge in [0.2, 0.25) is 5.91 Å². The number of esters is 1. The highest BCUT2D eigenvalue weighted by Crippen LogP contribution is 2.74. The van der Waals surface area contributed by atoms with E-state index in [9.17, 15) is 48.6 Å². The molecule has 3 fully saturated rings. The molecular weight excluding hydrogens is 821 g/mol. The van der Waals surface area contributed by atoms with Crippen LogP contribution in [0, 0.1) is 44.8 Å². The van der Waals surface area contributed by atoms with E-state index < -0.39 is 80.2 Å². The molecule has 3 saturated carbocycles. The Morgan fingerprint density at radius 1 is 0.875 bits per heavy atom. The van der Waals surface area contributed by atoms with Gasteiger partial charge in [-0.2, -0.15) is 0 Å². The van der Waals surface area contributed by atoms with Gasteiger partial charge in [-0.25, -0.2) is 4.79 Å². The number of allylic oxidation sites excluding steroid dienone is 6. The molecule has 0 heterocycles. The van der Waals surface area contributed by atoms with E-state index >= 15 is 0 Å². The average Bonchev–Trinajstić information content (AvgIpc) is 3.37. The summed E-state index contributed by atoms with van der Waals surface area (Å²) in [4.78, 5) is 106. The van der Waals surface area contributed by atoms with Crippen LogP contribution < -0.4 is 10.6 Å². The zero-order valence-corrected chi connectivity index (χ0v) is 40.3. The Morgan fingerprint density at radius 2 is 1.47 bits per heavy atom. The van der Waals surface area contributed by atoms with Gasteiger partial charge in [0.1, 0.15) is 17.0 Å². The number of aliphatic hydroxyl groups is 2. The fraction of sp³-hybridized carbons (Fsp3) is 0.680. The van der Waals surface area contributed by atoms with Gasteiger partial charge in [0.05, 0.1) is 6.10 Å². The molecule has 4 N–H and O–H groups in total. The molecule has 0 aromatic rings. The maximum Gasteiger partial charge on any atom is 0.407 e. The first kappa shape index (κ1) is 50.4. The molecule has 0 bridgehead atoms. The summed E-state index contributed by atoms with van der Waals surface area (Å²) in [6.07, 6.45) is 2.43. The van der Waals surface area contributed by atoms with Crippen LogP contribution in [0.5, 0.6) is 0 Å². The Balaban J connectivity index is 1.25. The summed E-state index contributed by atoms with van der Waals surface area (Å²) in [6, 6.07) is 0. The monoisotopic (exact) mass is 890 g/mol. The maximum atomic E-state index is 14.9. The Morgan fingerprint density at radius 3 is 2.08 bits per heavy atom. The number of Topliss-reactive ketones (excluding diaryl/α,β-unsaturated/α-hetero) is 4. The van der Waals surface area contributed by atoms with Crippen molar-refractivity contribution in [3.05, 3.63) is 46.1 Å². The number of ether oxygens (including phenoxy) is 2. The molecule has 352 valence electrons. The minimum absolute atomic E-state index is 0.0313. The van der Waals surface area contributed by atoms with Gasteiger partial charge in [-0.1, -0.05) is 46.3 Å². The van der Waals surface area contributed by atoms with E-state index in [0.717, 1.165) is 5.57 Å². The number of carbonyl (C=O) groups is 8. The van der Waals surface area contributed by atoms with Crippen LogP contribution in [0.15, 0.2) is 46.1 Å². The molecular formula is C50H70N2O12. The SMILES string of the molecule is CC(=O)OC(C)(C)/C=C/C(=O)[C@](C)(O)[C@H]1[C@H](O)C[C@@]2(C)[C@@H]3CC=C4[C@@H](C[C@H](OC(=O)NCCCNC(=O)CC(C)(C)C5=C(C)C(=O)C(C)=C(C)C5=O)C(=O)C4(C)C)[C@]3(C)C(=O)C[C@]12C. The Hall–Kier alpha value is -4.56. The molecule has 0 unspecified atom stereocenters. The van der Waals surface area contributed by atoms with Crippen molar-refractivity contribution in [2.45, 2.75) is 159 Å². The Kier molecular flexibility index (Phi) is 13.4. The van der Waals surface area contributed by atoms with Crippen molar-refractivity contribution in [3.63, 3.8) is 0 Å². The molecule has 0 aliphatic heterocycles. The van der Waals surface area contributed by atoms with Crippen LogP contribution in [0.1, 0.15) is 135 Å². The van der Waals surface area contributed by atoms with E-state index in [2.05, 4.69) is 10.6 Å². The summed E-state index contributed by atoms with van der Waals surface area (Å²) in [5, 5.41) is 29.3. The maximum absolute atomic E-state index is 14.9. The van der Waals surface area contributed by atoms with Crippen LogP contribution in [0.3, 0.4) is 0 Å². The number of aliphatic hydroxyl groups excluding tert-OH is 1. The molecule has 9 atom stereocenters. The zero-order valence-electron chi connectivity index (χ0n) is 40.3. The molecule has 64 heavy (non-hydrogen) atoms. The lowest BCUT2D eigenvalue weighted by atomic mass is 9.38. The number of amides is 2. The van der Waals surface area contributed by atoms with Crippen LogP contribution in [0.2, 0.25) is 0 Å². The number of fused-ring (bicyclic) bond motifs is 5. The summed E-state index contributed by atoms with van der Waals surface area (Å²) in [7, 11) is 0. The minimum Gasteiger partial charge on any atom is -0.456 e. The van der Waals surface area contributed by atoms with Crippen molar-refractivity contribution in [2.24, 2.45) is 44.8 Å². The second kappa shape index (κ2) is 17.0. The Labute approximate surface area is 377 Å². The molecule has 0 saturated heterocycles. The average molecular weight is 891 g/mol. The molecule has 0 aromatic heterocycles. The number of nitrogens with one attached hydrogen (secondary N) is 2. The van der Waals surface area contributed by atoms with Gasteiger partial charge < -0.3 is 30.3 Å². The molecule has 0 spiro atoms.